The molecule has 3 nitrogen and oxygen atoms in total. The van der Waals surface area contributed by atoms with Gasteiger partial charge in [0.25, 0.3) is 0 Å². The van der Waals surface area contributed by atoms with Gasteiger partial charge >= 0.3 is 0 Å². The van der Waals surface area contributed by atoms with Crippen LogP contribution in [0.5, 0.6) is 0 Å². The van der Waals surface area contributed by atoms with Gasteiger partial charge in [-0.3, -0.25) is 4.57 Å². The van der Waals surface area contributed by atoms with Crippen molar-refractivity contribution in [2.45, 2.75) is 0 Å². The van der Waals surface area contributed by atoms with Gasteiger partial charge in [0, 0.05) is 17.1 Å². The zero-order valence-corrected chi connectivity index (χ0v) is 7.24. The summed E-state index contributed by atoms with van der Waals surface area (Å²) in [6.07, 6.45) is 1.59. The first-order chi connectivity index (χ1) is 5.79. The van der Waals surface area contributed by atoms with E-state index in [1.165, 1.54) is 0 Å². The first-order valence-electron chi connectivity index (χ1n) is 3.58. The molecule has 4 heteroatoms. The zero-order chi connectivity index (χ0) is 8.55. The highest BCUT2D eigenvalue weighted by atomic mass is 31.1. The van der Waals surface area contributed by atoms with Gasteiger partial charge in [-0.1, -0.05) is 18.2 Å². The van der Waals surface area contributed by atoms with E-state index in [4.69, 9.17) is 4.89 Å². The molecule has 0 aliphatic carbocycles. The SMILES string of the molecule is O=[PH](O)c1c[nH]c2ccccc12. The van der Waals surface area contributed by atoms with Crippen LogP contribution < -0.4 is 5.30 Å². The minimum absolute atomic E-state index is 0.510. The summed E-state index contributed by atoms with van der Waals surface area (Å²) < 4.78 is 10.8. The lowest BCUT2D eigenvalue weighted by molar-refractivity contribution is 0.513. The normalized spacial score (nSPS) is 13.4. The van der Waals surface area contributed by atoms with Crippen LogP contribution in [-0.2, 0) is 4.57 Å². The number of nitrogens with one attached hydrogen (secondary N) is 1. The van der Waals surface area contributed by atoms with Crippen LogP contribution in [0.2, 0.25) is 0 Å². The number of fused-ring (bicyclic) bond motifs is 1. The molecule has 2 N–H and O–H groups in total. The molecular weight excluding hydrogens is 173 g/mol. The van der Waals surface area contributed by atoms with Gasteiger partial charge in [-0.15, -0.1) is 0 Å². The average Bonchev–Trinajstić information content (AvgIpc) is 2.47. The highest BCUT2D eigenvalue weighted by molar-refractivity contribution is 7.48. The maximum absolute atomic E-state index is 10.8. The lowest BCUT2D eigenvalue weighted by Crippen LogP contribution is -1.90. The van der Waals surface area contributed by atoms with E-state index in [9.17, 15) is 4.57 Å². The molecule has 0 spiro atoms. The van der Waals surface area contributed by atoms with E-state index < -0.39 is 8.03 Å². The monoisotopic (exact) mass is 181 g/mol. The maximum Gasteiger partial charge on any atom is 0.220 e. The van der Waals surface area contributed by atoms with Gasteiger partial charge in [0.05, 0.1) is 5.30 Å². The first-order valence-corrected chi connectivity index (χ1v) is 4.94. The fraction of sp³-hybridized carbons (Fsp3) is 0. The van der Waals surface area contributed by atoms with Crippen LogP contribution in [-0.4, -0.2) is 9.88 Å². The van der Waals surface area contributed by atoms with Gasteiger partial charge in [-0.25, -0.2) is 0 Å². The van der Waals surface area contributed by atoms with Crippen molar-refractivity contribution in [3.8, 4) is 0 Å². The van der Waals surface area contributed by atoms with Gasteiger partial charge in [-0.2, -0.15) is 0 Å². The van der Waals surface area contributed by atoms with Crippen LogP contribution in [0.3, 0.4) is 0 Å². The molecule has 2 aromatic rings. The highest BCUT2D eigenvalue weighted by Gasteiger charge is 2.05. The molecule has 1 aromatic heterocycles. The molecule has 62 valence electrons. The quantitative estimate of drug-likeness (QED) is 0.650. The number of aromatic amines is 1. The van der Waals surface area contributed by atoms with Crippen LogP contribution in [0, 0.1) is 0 Å². The molecule has 0 amide bonds. The van der Waals surface area contributed by atoms with Crippen LogP contribution in [0.15, 0.2) is 30.5 Å². The Balaban J connectivity index is 2.79. The van der Waals surface area contributed by atoms with Crippen LogP contribution in [0.4, 0.5) is 0 Å². The molecule has 0 saturated heterocycles. The standard InChI is InChI=1S/C8H8NO2P/c10-12(11)8-5-9-7-4-2-1-3-6(7)8/h1-5,9,12H,(H,10,11). The molecule has 0 aliphatic heterocycles. The molecule has 1 atom stereocenters. The molecule has 0 saturated carbocycles. The Morgan fingerprint density at radius 2 is 2.08 bits per heavy atom. The Bertz CT molecular complexity index is 435. The van der Waals surface area contributed by atoms with Crippen molar-refractivity contribution in [3.63, 3.8) is 0 Å². The minimum atomic E-state index is -2.58. The Labute approximate surface area is 69.9 Å². The fourth-order valence-corrected chi connectivity index (χ4v) is 1.89. The Morgan fingerprint density at radius 1 is 1.33 bits per heavy atom. The van der Waals surface area contributed by atoms with Crippen molar-refractivity contribution < 1.29 is 9.46 Å². The lowest BCUT2D eigenvalue weighted by atomic mass is 10.2. The first kappa shape index (κ1) is 7.59. The number of hydrogen-bond donors (Lipinski definition) is 2. The predicted octanol–water partition coefficient (Wildman–Crippen LogP) is 1.26. The van der Waals surface area contributed by atoms with E-state index in [-0.39, 0.29) is 0 Å². The summed E-state index contributed by atoms with van der Waals surface area (Å²) in [4.78, 5) is 11.9. The van der Waals surface area contributed by atoms with Gasteiger partial charge in [0.1, 0.15) is 0 Å². The van der Waals surface area contributed by atoms with Crippen molar-refractivity contribution in [2.75, 3.05) is 0 Å². The van der Waals surface area contributed by atoms with Gasteiger partial charge in [0.15, 0.2) is 0 Å². The summed E-state index contributed by atoms with van der Waals surface area (Å²) in [6, 6.07) is 7.45. The van der Waals surface area contributed by atoms with Crippen LogP contribution >= 0.6 is 8.03 Å². The molecule has 0 fully saturated rings. The molecule has 2 rings (SSSR count). The molecule has 1 unspecified atom stereocenters. The molecule has 1 heterocycles. The number of rotatable bonds is 1. The van der Waals surface area contributed by atoms with Crippen LogP contribution in [0.1, 0.15) is 0 Å². The summed E-state index contributed by atoms with van der Waals surface area (Å²) in [5.41, 5.74) is 0.903. The number of H-pyrrole nitrogens is 1. The Kier molecular flexibility index (Phi) is 1.75. The molecular formula is C8H8NO2P. The fourth-order valence-electron chi connectivity index (χ4n) is 1.25. The Hall–Kier alpha value is -1.05. The third kappa shape index (κ3) is 1.07. The number of para-hydroxylation sites is 1. The molecule has 0 radical (unpaired) electrons. The van der Waals surface area contributed by atoms with E-state index in [0.29, 0.717) is 5.30 Å². The second kappa shape index (κ2) is 2.77. The van der Waals surface area contributed by atoms with Gasteiger partial charge in [-0.05, 0) is 6.07 Å². The molecule has 0 bridgehead atoms. The summed E-state index contributed by atoms with van der Waals surface area (Å²) in [5.74, 6) is 0. The van der Waals surface area contributed by atoms with Crippen molar-refractivity contribution >= 4 is 24.2 Å². The topological polar surface area (TPSA) is 53.1 Å². The van der Waals surface area contributed by atoms with Gasteiger partial charge in [0.2, 0.25) is 8.03 Å². The van der Waals surface area contributed by atoms with Gasteiger partial charge < -0.3 is 9.88 Å². The van der Waals surface area contributed by atoms with Crippen molar-refractivity contribution in [1.82, 2.24) is 4.98 Å². The van der Waals surface area contributed by atoms with E-state index in [1.807, 2.05) is 24.3 Å². The number of benzene rings is 1. The molecule has 12 heavy (non-hydrogen) atoms. The second-order valence-electron chi connectivity index (χ2n) is 2.55. The Morgan fingerprint density at radius 3 is 2.83 bits per heavy atom. The van der Waals surface area contributed by atoms with E-state index in [0.717, 1.165) is 10.9 Å². The molecule has 0 aliphatic rings. The largest absolute Gasteiger partial charge is 0.360 e. The maximum atomic E-state index is 10.8. The van der Waals surface area contributed by atoms with Crippen molar-refractivity contribution in [2.24, 2.45) is 0 Å². The average molecular weight is 181 g/mol. The number of hydrogen-bond acceptors (Lipinski definition) is 1. The lowest BCUT2D eigenvalue weighted by Gasteiger charge is -1.90. The third-order valence-corrected chi connectivity index (χ3v) is 2.69. The summed E-state index contributed by atoms with van der Waals surface area (Å²) in [7, 11) is -2.58. The summed E-state index contributed by atoms with van der Waals surface area (Å²) in [5, 5.41) is 1.35. The second-order valence-corrected chi connectivity index (χ2v) is 3.70. The van der Waals surface area contributed by atoms with Crippen molar-refractivity contribution in [1.29, 1.82) is 0 Å². The van der Waals surface area contributed by atoms with Crippen molar-refractivity contribution in [3.05, 3.63) is 30.5 Å². The minimum Gasteiger partial charge on any atom is -0.360 e. The summed E-state index contributed by atoms with van der Waals surface area (Å²) in [6.45, 7) is 0. The third-order valence-electron chi connectivity index (χ3n) is 1.82. The smallest absolute Gasteiger partial charge is 0.220 e. The van der Waals surface area contributed by atoms with E-state index in [2.05, 4.69) is 4.98 Å². The van der Waals surface area contributed by atoms with E-state index >= 15 is 0 Å². The number of aromatic nitrogens is 1. The van der Waals surface area contributed by atoms with Crippen LogP contribution in [0.25, 0.3) is 10.9 Å². The zero-order valence-electron chi connectivity index (χ0n) is 6.24. The summed E-state index contributed by atoms with van der Waals surface area (Å²) >= 11 is 0. The predicted molar refractivity (Wildman–Crippen MR) is 49.2 cm³/mol. The molecule has 1 aromatic carbocycles. The highest BCUT2D eigenvalue weighted by Crippen LogP contribution is 2.20. The van der Waals surface area contributed by atoms with E-state index in [1.54, 1.807) is 6.20 Å².